The van der Waals surface area contributed by atoms with Crippen molar-refractivity contribution in [2.24, 2.45) is 0 Å². The van der Waals surface area contributed by atoms with Crippen molar-refractivity contribution in [2.45, 2.75) is 71.6 Å². The summed E-state index contributed by atoms with van der Waals surface area (Å²) in [6.07, 6.45) is 5.40. The molecule has 0 radical (unpaired) electrons. The normalized spacial score (nSPS) is 21.8. The number of rotatable bonds is 5. The number of furan rings is 1. The predicted molar refractivity (Wildman–Crippen MR) is 79.0 cm³/mol. The van der Waals surface area contributed by atoms with Crippen molar-refractivity contribution in [2.75, 3.05) is 6.54 Å². The van der Waals surface area contributed by atoms with Crippen molar-refractivity contribution < 1.29 is 4.42 Å². The Labute approximate surface area is 117 Å². The summed E-state index contributed by atoms with van der Waals surface area (Å²) in [5.74, 6) is 2.15. The van der Waals surface area contributed by atoms with Gasteiger partial charge in [0.2, 0.25) is 0 Å². The minimum Gasteiger partial charge on any atom is -0.463 e. The standard InChI is InChI=1S/C16H28N2O/c1-13(2)17-11-15-8-9-16(19-15)12-18-10-6-4-5-7-14(18)3/h8-9,13-14,17H,4-7,10-12H2,1-3H3. The predicted octanol–water partition coefficient (Wildman–Crippen LogP) is 3.54. The fourth-order valence-corrected chi connectivity index (χ4v) is 2.68. The molecule has 1 aliphatic rings. The number of hydrogen-bond acceptors (Lipinski definition) is 3. The highest BCUT2D eigenvalue weighted by atomic mass is 16.3. The van der Waals surface area contributed by atoms with Gasteiger partial charge in [0.15, 0.2) is 0 Å². The minimum absolute atomic E-state index is 0.499. The molecule has 3 heteroatoms. The molecule has 3 nitrogen and oxygen atoms in total. The maximum Gasteiger partial charge on any atom is 0.118 e. The van der Waals surface area contributed by atoms with E-state index >= 15 is 0 Å². The highest BCUT2D eigenvalue weighted by Crippen LogP contribution is 2.19. The Morgan fingerprint density at radius 3 is 2.84 bits per heavy atom. The molecule has 0 saturated carbocycles. The quantitative estimate of drug-likeness (QED) is 0.881. The third kappa shape index (κ3) is 4.66. The van der Waals surface area contributed by atoms with Gasteiger partial charge in [-0.2, -0.15) is 0 Å². The molecule has 0 bridgehead atoms. The smallest absolute Gasteiger partial charge is 0.118 e. The van der Waals surface area contributed by atoms with Crippen LogP contribution < -0.4 is 5.32 Å². The van der Waals surface area contributed by atoms with Crippen LogP contribution in [0.5, 0.6) is 0 Å². The summed E-state index contributed by atoms with van der Waals surface area (Å²) in [6.45, 7) is 9.65. The zero-order chi connectivity index (χ0) is 13.7. The Bertz CT molecular complexity index is 373. The van der Waals surface area contributed by atoms with Crippen molar-refractivity contribution in [1.29, 1.82) is 0 Å². The van der Waals surface area contributed by atoms with Crippen molar-refractivity contribution in [3.63, 3.8) is 0 Å². The lowest BCUT2D eigenvalue weighted by Crippen LogP contribution is -2.31. The first kappa shape index (κ1) is 14.6. The van der Waals surface area contributed by atoms with Crippen molar-refractivity contribution in [3.05, 3.63) is 23.7 Å². The topological polar surface area (TPSA) is 28.4 Å². The Kier molecular flexibility index (Phi) is 5.46. The second-order valence-electron chi connectivity index (χ2n) is 6.07. The van der Waals surface area contributed by atoms with E-state index in [9.17, 15) is 0 Å². The van der Waals surface area contributed by atoms with E-state index in [1.807, 2.05) is 0 Å². The fourth-order valence-electron chi connectivity index (χ4n) is 2.68. The molecule has 0 aliphatic carbocycles. The molecular formula is C16H28N2O. The fraction of sp³-hybridized carbons (Fsp3) is 0.750. The van der Waals surface area contributed by atoms with Gasteiger partial charge in [-0.05, 0) is 38.4 Å². The lowest BCUT2D eigenvalue weighted by molar-refractivity contribution is 0.188. The van der Waals surface area contributed by atoms with Crippen molar-refractivity contribution in [3.8, 4) is 0 Å². The van der Waals surface area contributed by atoms with Crippen LogP contribution in [0.2, 0.25) is 0 Å². The molecule has 1 atom stereocenters. The van der Waals surface area contributed by atoms with Crippen LogP contribution >= 0.6 is 0 Å². The molecule has 2 rings (SSSR count). The third-order valence-corrected chi connectivity index (χ3v) is 3.95. The first-order chi connectivity index (χ1) is 9.15. The SMILES string of the molecule is CC(C)NCc1ccc(CN2CCCCCC2C)o1. The number of hydrogen-bond donors (Lipinski definition) is 1. The van der Waals surface area contributed by atoms with E-state index in [-0.39, 0.29) is 0 Å². The lowest BCUT2D eigenvalue weighted by Gasteiger charge is -2.25. The summed E-state index contributed by atoms with van der Waals surface area (Å²) >= 11 is 0. The molecule has 1 aromatic heterocycles. The van der Waals surface area contributed by atoms with E-state index in [1.165, 1.54) is 32.2 Å². The zero-order valence-electron chi connectivity index (χ0n) is 12.6. The molecule has 2 heterocycles. The molecule has 1 saturated heterocycles. The van der Waals surface area contributed by atoms with E-state index in [1.54, 1.807) is 0 Å². The molecule has 1 N–H and O–H groups in total. The first-order valence-corrected chi connectivity index (χ1v) is 7.70. The van der Waals surface area contributed by atoms with Gasteiger partial charge in [0.05, 0.1) is 13.1 Å². The van der Waals surface area contributed by atoms with Crippen LogP contribution in [0.1, 0.15) is 58.0 Å². The Balaban J connectivity index is 1.87. The Morgan fingerprint density at radius 1 is 1.26 bits per heavy atom. The second kappa shape index (κ2) is 7.11. The summed E-state index contributed by atoms with van der Waals surface area (Å²) < 4.78 is 5.92. The van der Waals surface area contributed by atoms with Gasteiger partial charge in [-0.1, -0.05) is 26.7 Å². The summed E-state index contributed by atoms with van der Waals surface area (Å²) in [5.41, 5.74) is 0. The van der Waals surface area contributed by atoms with Gasteiger partial charge in [0.25, 0.3) is 0 Å². The van der Waals surface area contributed by atoms with Crippen LogP contribution in [0.15, 0.2) is 16.5 Å². The van der Waals surface area contributed by atoms with Gasteiger partial charge >= 0.3 is 0 Å². The van der Waals surface area contributed by atoms with E-state index in [0.29, 0.717) is 12.1 Å². The summed E-state index contributed by atoms with van der Waals surface area (Å²) in [6, 6.07) is 5.42. The molecule has 0 spiro atoms. The van der Waals surface area contributed by atoms with E-state index in [2.05, 4.69) is 43.1 Å². The first-order valence-electron chi connectivity index (χ1n) is 7.70. The Hall–Kier alpha value is -0.800. The van der Waals surface area contributed by atoms with Crippen LogP contribution in [-0.2, 0) is 13.1 Å². The van der Waals surface area contributed by atoms with Gasteiger partial charge in [-0.15, -0.1) is 0 Å². The van der Waals surface area contributed by atoms with Gasteiger partial charge in [0.1, 0.15) is 11.5 Å². The molecule has 108 valence electrons. The van der Waals surface area contributed by atoms with Gasteiger partial charge in [-0.25, -0.2) is 0 Å². The molecule has 1 fully saturated rings. The lowest BCUT2D eigenvalue weighted by atomic mass is 10.1. The number of nitrogens with one attached hydrogen (secondary N) is 1. The van der Waals surface area contributed by atoms with Crippen LogP contribution in [0, 0.1) is 0 Å². The van der Waals surface area contributed by atoms with Crippen LogP contribution in [-0.4, -0.2) is 23.5 Å². The highest BCUT2D eigenvalue weighted by Gasteiger charge is 2.18. The monoisotopic (exact) mass is 264 g/mol. The van der Waals surface area contributed by atoms with Crippen LogP contribution in [0.4, 0.5) is 0 Å². The molecule has 0 amide bonds. The van der Waals surface area contributed by atoms with E-state index in [0.717, 1.165) is 24.6 Å². The van der Waals surface area contributed by atoms with Crippen molar-refractivity contribution >= 4 is 0 Å². The molecule has 1 aromatic rings. The molecule has 1 unspecified atom stereocenters. The number of likely N-dealkylation sites (tertiary alicyclic amines) is 1. The van der Waals surface area contributed by atoms with E-state index < -0.39 is 0 Å². The average molecular weight is 264 g/mol. The van der Waals surface area contributed by atoms with Crippen LogP contribution in [0.3, 0.4) is 0 Å². The Morgan fingerprint density at radius 2 is 2.05 bits per heavy atom. The summed E-state index contributed by atoms with van der Waals surface area (Å²) in [5, 5.41) is 3.39. The third-order valence-electron chi connectivity index (χ3n) is 3.95. The summed E-state index contributed by atoms with van der Waals surface area (Å²) in [7, 11) is 0. The van der Waals surface area contributed by atoms with Crippen LogP contribution in [0.25, 0.3) is 0 Å². The molecular weight excluding hydrogens is 236 g/mol. The summed E-state index contributed by atoms with van der Waals surface area (Å²) in [4.78, 5) is 2.56. The maximum atomic E-state index is 5.92. The zero-order valence-corrected chi connectivity index (χ0v) is 12.6. The van der Waals surface area contributed by atoms with Crippen molar-refractivity contribution in [1.82, 2.24) is 10.2 Å². The van der Waals surface area contributed by atoms with E-state index in [4.69, 9.17) is 4.42 Å². The van der Waals surface area contributed by atoms with Gasteiger partial charge < -0.3 is 9.73 Å². The molecule has 19 heavy (non-hydrogen) atoms. The highest BCUT2D eigenvalue weighted by molar-refractivity contribution is 5.07. The average Bonchev–Trinajstić information content (AvgIpc) is 2.72. The maximum absolute atomic E-state index is 5.92. The van der Waals surface area contributed by atoms with Gasteiger partial charge in [0, 0.05) is 12.1 Å². The molecule has 1 aliphatic heterocycles. The molecule has 0 aromatic carbocycles. The largest absolute Gasteiger partial charge is 0.463 e. The van der Waals surface area contributed by atoms with Gasteiger partial charge in [-0.3, -0.25) is 4.90 Å². The number of nitrogens with zero attached hydrogens (tertiary/aromatic N) is 1. The minimum atomic E-state index is 0.499. The second-order valence-corrected chi connectivity index (χ2v) is 6.07.